The summed E-state index contributed by atoms with van der Waals surface area (Å²) in [6.07, 6.45) is 0. The number of rotatable bonds is 3. The summed E-state index contributed by atoms with van der Waals surface area (Å²) in [5.74, 6) is -0.239. The second-order valence-corrected chi connectivity index (χ2v) is 4.21. The van der Waals surface area contributed by atoms with Crippen LogP contribution in [0, 0.1) is 11.3 Å². The molecule has 0 bridgehead atoms. The highest BCUT2D eigenvalue weighted by Crippen LogP contribution is 2.08. The fraction of sp³-hybridized carbons (Fsp3) is 0.308. The molecule has 0 saturated carbocycles. The van der Waals surface area contributed by atoms with Crippen LogP contribution in [0.4, 0.5) is 5.69 Å². The van der Waals surface area contributed by atoms with Crippen LogP contribution in [0.2, 0.25) is 0 Å². The first kappa shape index (κ1) is 12.9. The van der Waals surface area contributed by atoms with Gasteiger partial charge in [0.15, 0.2) is 0 Å². The van der Waals surface area contributed by atoms with E-state index in [0.29, 0.717) is 18.7 Å². The fourth-order valence-electron chi connectivity index (χ4n) is 1.80. The van der Waals surface area contributed by atoms with Crippen molar-refractivity contribution in [2.24, 2.45) is 0 Å². The molecule has 0 aromatic heterocycles. The van der Waals surface area contributed by atoms with Gasteiger partial charge < -0.3 is 15.5 Å². The van der Waals surface area contributed by atoms with E-state index in [0.717, 1.165) is 5.69 Å². The molecular weight excluding hydrogens is 244 g/mol. The standard InChI is InChI=1S/C13H14N4O2/c14-7-10-1-3-11(4-2-10)16-8-13(19)17-6-5-15-12(18)9-17/h1-4,16H,5-6,8-9H2,(H,15,18). The first-order valence-corrected chi connectivity index (χ1v) is 5.97. The Morgan fingerprint density at radius 1 is 1.42 bits per heavy atom. The van der Waals surface area contributed by atoms with E-state index in [4.69, 9.17) is 5.26 Å². The third-order valence-corrected chi connectivity index (χ3v) is 2.85. The van der Waals surface area contributed by atoms with Crippen LogP contribution in [0.5, 0.6) is 0 Å². The maximum absolute atomic E-state index is 11.9. The minimum Gasteiger partial charge on any atom is -0.376 e. The third kappa shape index (κ3) is 3.45. The van der Waals surface area contributed by atoms with Gasteiger partial charge in [0.25, 0.3) is 0 Å². The number of nitrogens with zero attached hydrogens (tertiary/aromatic N) is 2. The molecule has 98 valence electrons. The summed E-state index contributed by atoms with van der Waals surface area (Å²) in [6.45, 7) is 1.30. The number of carbonyl (C=O) groups is 2. The summed E-state index contributed by atoms with van der Waals surface area (Å²) >= 11 is 0. The lowest BCUT2D eigenvalue weighted by atomic mass is 10.2. The molecule has 0 unspecified atom stereocenters. The van der Waals surface area contributed by atoms with Crippen molar-refractivity contribution >= 4 is 17.5 Å². The van der Waals surface area contributed by atoms with Gasteiger partial charge >= 0.3 is 0 Å². The monoisotopic (exact) mass is 258 g/mol. The lowest BCUT2D eigenvalue weighted by Gasteiger charge is -2.26. The Balaban J connectivity index is 1.85. The average molecular weight is 258 g/mol. The van der Waals surface area contributed by atoms with Gasteiger partial charge in [-0.1, -0.05) is 0 Å². The van der Waals surface area contributed by atoms with Crippen LogP contribution in [0.1, 0.15) is 5.56 Å². The predicted octanol–water partition coefficient (Wildman–Crippen LogP) is -0.0714. The molecule has 1 aromatic rings. The number of anilines is 1. The first-order chi connectivity index (χ1) is 9.19. The summed E-state index contributed by atoms with van der Waals surface area (Å²) in [5.41, 5.74) is 1.35. The lowest BCUT2D eigenvalue weighted by Crippen LogP contribution is -2.51. The zero-order chi connectivity index (χ0) is 13.7. The number of piperazine rings is 1. The third-order valence-electron chi connectivity index (χ3n) is 2.85. The second kappa shape index (κ2) is 5.87. The molecule has 0 atom stereocenters. The van der Waals surface area contributed by atoms with Crippen molar-refractivity contribution in [2.75, 3.05) is 31.5 Å². The second-order valence-electron chi connectivity index (χ2n) is 4.21. The van der Waals surface area contributed by atoms with Gasteiger partial charge in [-0.15, -0.1) is 0 Å². The van der Waals surface area contributed by atoms with Gasteiger partial charge in [0.05, 0.1) is 24.7 Å². The summed E-state index contributed by atoms with van der Waals surface area (Å²) in [4.78, 5) is 24.6. The molecule has 1 fully saturated rings. The Bertz CT molecular complexity index is 518. The molecule has 2 amide bonds. The van der Waals surface area contributed by atoms with Crippen molar-refractivity contribution in [3.05, 3.63) is 29.8 Å². The van der Waals surface area contributed by atoms with E-state index in [2.05, 4.69) is 10.6 Å². The smallest absolute Gasteiger partial charge is 0.242 e. The molecule has 1 aliphatic rings. The largest absolute Gasteiger partial charge is 0.376 e. The van der Waals surface area contributed by atoms with E-state index in [-0.39, 0.29) is 24.9 Å². The molecule has 2 rings (SSSR count). The molecule has 1 saturated heterocycles. The quantitative estimate of drug-likeness (QED) is 0.794. The van der Waals surface area contributed by atoms with Crippen LogP contribution in [0.15, 0.2) is 24.3 Å². The van der Waals surface area contributed by atoms with Gasteiger partial charge in [0.2, 0.25) is 11.8 Å². The molecular formula is C13H14N4O2. The Labute approximate surface area is 111 Å². The van der Waals surface area contributed by atoms with Crippen molar-refractivity contribution in [2.45, 2.75) is 0 Å². The first-order valence-electron chi connectivity index (χ1n) is 5.97. The van der Waals surface area contributed by atoms with Crippen LogP contribution in [0.25, 0.3) is 0 Å². The number of hydrogen-bond acceptors (Lipinski definition) is 4. The van der Waals surface area contributed by atoms with E-state index in [1.807, 2.05) is 6.07 Å². The van der Waals surface area contributed by atoms with Crippen LogP contribution >= 0.6 is 0 Å². The van der Waals surface area contributed by atoms with E-state index >= 15 is 0 Å². The van der Waals surface area contributed by atoms with Gasteiger partial charge in [-0.3, -0.25) is 9.59 Å². The number of carbonyl (C=O) groups excluding carboxylic acids is 2. The van der Waals surface area contributed by atoms with Crippen LogP contribution < -0.4 is 10.6 Å². The van der Waals surface area contributed by atoms with E-state index < -0.39 is 0 Å². The van der Waals surface area contributed by atoms with Crippen molar-refractivity contribution in [1.29, 1.82) is 5.26 Å². The zero-order valence-corrected chi connectivity index (χ0v) is 10.3. The molecule has 2 N–H and O–H groups in total. The van der Waals surface area contributed by atoms with Crippen LogP contribution in [0.3, 0.4) is 0 Å². The highest BCUT2D eigenvalue weighted by molar-refractivity contribution is 5.87. The van der Waals surface area contributed by atoms with Gasteiger partial charge in [-0.2, -0.15) is 5.26 Å². The molecule has 19 heavy (non-hydrogen) atoms. The molecule has 6 nitrogen and oxygen atoms in total. The SMILES string of the molecule is N#Cc1ccc(NCC(=O)N2CCNC(=O)C2)cc1. The van der Waals surface area contributed by atoms with Crippen molar-refractivity contribution in [3.8, 4) is 6.07 Å². The van der Waals surface area contributed by atoms with Crippen molar-refractivity contribution in [3.63, 3.8) is 0 Å². The zero-order valence-electron chi connectivity index (χ0n) is 10.3. The molecule has 6 heteroatoms. The maximum Gasteiger partial charge on any atom is 0.242 e. The number of nitriles is 1. The Kier molecular flexibility index (Phi) is 3.98. The summed E-state index contributed by atoms with van der Waals surface area (Å²) in [5, 5.41) is 14.3. The van der Waals surface area contributed by atoms with Crippen molar-refractivity contribution in [1.82, 2.24) is 10.2 Å². The highest BCUT2D eigenvalue weighted by atomic mass is 16.2. The lowest BCUT2D eigenvalue weighted by molar-refractivity contribution is -0.136. The molecule has 0 radical (unpaired) electrons. The van der Waals surface area contributed by atoms with Gasteiger partial charge in [-0.25, -0.2) is 0 Å². The average Bonchev–Trinajstić information content (AvgIpc) is 2.45. The summed E-state index contributed by atoms with van der Waals surface area (Å²) in [7, 11) is 0. The van der Waals surface area contributed by atoms with Crippen LogP contribution in [-0.4, -0.2) is 42.9 Å². The summed E-state index contributed by atoms with van der Waals surface area (Å²) in [6, 6.07) is 8.88. The molecule has 1 aromatic carbocycles. The fourth-order valence-corrected chi connectivity index (χ4v) is 1.80. The number of amides is 2. The van der Waals surface area contributed by atoms with Gasteiger partial charge in [-0.05, 0) is 24.3 Å². The highest BCUT2D eigenvalue weighted by Gasteiger charge is 2.20. The van der Waals surface area contributed by atoms with E-state index in [1.165, 1.54) is 4.90 Å². The van der Waals surface area contributed by atoms with Gasteiger partial charge in [0.1, 0.15) is 0 Å². The Morgan fingerprint density at radius 2 is 2.16 bits per heavy atom. The molecule has 0 aliphatic carbocycles. The van der Waals surface area contributed by atoms with E-state index in [1.54, 1.807) is 24.3 Å². The normalized spacial score (nSPS) is 14.5. The number of nitrogens with one attached hydrogen (secondary N) is 2. The summed E-state index contributed by atoms with van der Waals surface area (Å²) < 4.78 is 0. The molecule has 0 spiro atoms. The van der Waals surface area contributed by atoms with Crippen LogP contribution in [-0.2, 0) is 9.59 Å². The van der Waals surface area contributed by atoms with Gasteiger partial charge in [0, 0.05) is 18.8 Å². The topological polar surface area (TPSA) is 85.2 Å². The minimum atomic E-state index is -0.127. The Hall–Kier alpha value is -2.55. The van der Waals surface area contributed by atoms with Crippen molar-refractivity contribution < 1.29 is 9.59 Å². The number of hydrogen-bond donors (Lipinski definition) is 2. The Morgan fingerprint density at radius 3 is 2.79 bits per heavy atom. The predicted molar refractivity (Wildman–Crippen MR) is 69.2 cm³/mol. The minimum absolute atomic E-state index is 0.112. The maximum atomic E-state index is 11.9. The molecule has 1 heterocycles. The number of benzene rings is 1. The van der Waals surface area contributed by atoms with E-state index in [9.17, 15) is 9.59 Å². The molecule has 1 aliphatic heterocycles.